The van der Waals surface area contributed by atoms with Gasteiger partial charge in [-0.2, -0.15) is 0 Å². The smallest absolute Gasteiger partial charge is 0.315 e. The quantitative estimate of drug-likeness (QED) is 0.422. The molecule has 1 aromatic heterocycles. The Balaban J connectivity index is 1.95. The van der Waals surface area contributed by atoms with Crippen LogP contribution in [0.1, 0.15) is 20.1 Å². The highest BCUT2D eigenvalue weighted by atomic mass is 35.5. The van der Waals surface area contributed by atoms with Gasteiger partial charge in [-0.3, -0.25) is 4.79 Å². The number of aliphatic hydroxyl groups excluding tert-OH is 1. The van der Waals surface area contributed by atoms with E-state index in [2.05, 4.69) is 4.98 Å². The van der Waals surface area contributed by atoms with Crippen LogP contribution >= 0.6 is 11.6 Å². The highest BCUT2D eigenvalue weighted by molar-refractivity contribution is 6.20. The average Bonchev–Trinajstić information content (AvgIpc) is 3.28. The van der Waals surface area contributed by atoms with Gasteiger partial charge in [-0.15, -0.1) is 0 Å². The largest absolute Gasteiger partial charge is 0.469 e. The summed E-state index contributed by atoms with van der Waals surface area (Å²) in [6, 6.07) is 17.6. The van der Waals surface area contributed by atoms with Gasteiger partial charge in [0.25, 0.3) is 0 Å². The molecule has 7 heteroatoms. The number of hydrogen-bond donors (Lipinski definition) is 1. The molecule has 0 aliphatic heterocycles. The molecule has 0 aliphatic rings. The molecule has 0 fully saturated rings. The molecule has 1 heterocycles. The summed E-state index contributed by atoms with van der Waals surface area (Å²) in [5.41, 5.74) is -0.206. The van der Waals surface area contributed by atoms with E-state index in [1.165, 1.54) is 7.11 Å². The van der Waals surface area contributed by atoms with E-state index in [-0.39, 0.29) is 0 Å². The number of aliphatic hydroxyl groups is 1. The third-order valence-corrected chi connectivity index (χ3v) is 5.76. The fourth-order valence-electron chi connectivity index (χ4n) is 3.28. The second-order valence-corrected chi connectivity index (χ2v) is 7.98. The maximum atomic E-state index is 12.7. The van der Waals surface area contributed by atoms with E-state index in [4.69, 9.17) is 21.1 Å². The minimum Gasteiger partial charge on any atom is -0.469 e. The van der Waals surface area contributed by atoms with Gasteiger partial charge in [-0.1, -0.05) is 67.9 Å². The molecule has 3 rings (SSSR count). The molecule has 0 saturated heterocycles. The lowest BCUT2D eigenvalue weighted by Crippen LogP contribution is -2.45. The molecule has 1 N–H and O–H groups in total. The Morgan fingerprint density at radius 2 is 1.73 bits per heavy atom. The standard InChI is InChI=1S/C23H25ClN2O4/c1-23(2,22(24)28)19(21(27)29-3)20(26-14-13-25-15-26)30-18-11-9-17(10-12-18)16-7-5-4-6-8-16/h4-15,19-20,22,28H,1-3H3. The predicted molar refractivity (Wildman–Crippen MR) is 115 cm³/mol. The number of imidazole rings is 1. The monoisotopic (exact) mass is 428 g/mol. The van der Waals surface area contributed by atoms with Crippen molar-refractivity contribution >= 4 is 17.6 Å². The van der Waals surface area contributed by atoms with E-state index < -0.39 is 29.1 Å². The summed E-state index contributed by atoms with van der Waals surface area (Å²) < 4.78 is 12.9. The number of benzene rings is 2. The van der Waals surface area contributed by atoms with Gasteiger partial charge >= 0.3 is 5.97 Å². The van der Waals surface area contributed by atoms with Gasteiger partial charge < -0.3 is 19.1 Å². The number of aromatic nitrogens is 2. The normalized spacial score (nSPS) is 14.6. The van der Waals surface area contributed by atoms with Gasteiger partial charge in [0.2, 0.25) is 0 Å². The van der Waals surface area contributed by atoms with Crippen molar-refractivity contribution in [2.75, 3.05) is 7.11 Å². The van der Waals surface area contributed by atoms with Crippen LogP contribution in [0, 0.1) is 11.3 Å². The van der Waals surface area contributed by atoms with Crippen molar-refractivity contribution in [1.82, 2.24) is 9.55 Å². The summed E-state index contributed by atoms with van der Waals surface area (Å²) in [4.78, 5) is 16.8. The number of alkyl halides is 1. The van der Waals surface area contributed by atoms with E-state index in [0.29, 0.717) is 5.75 Å². The number of hydrogen-bond acceptors (Lipinski definition) is 5. The fraction of sp³-hybridized carbons (Fsp3) is 0.304. The molecule has 3 aromatic rings. The first-order valence-corrected chi connectivity index (χ1v) is 9.97. The lowest BCUT2D eigenvalue weighted by molar-refractivity contribution is -0.161. The van der Waals surface area contributed by atoms with Crippen LogP contribution < -0.4 is 4.74 Å². The summed E-state index contributed by atoms with van der Waals surface area (Å²) in [5.74, 6) is -0.889. The number of carbonyl (C=O) groups excluding carboxylic acids is 1. The minimum absolute atomic E-state index is 0.542. The van der Waals surface area contributed by atoms with E-state index in [0.717, 1.165) is 11.1 Å². The van der Waals surface area contributed by atoms with Gasteiger partial charge in [-0.25, -0.2) is 4.98 Å². The number of carbonyl (C=O) groups is 1. The zero-order valence-electron chi connectivity index (χ0n) is 17.1. The number of ether oxygens (including phenoxy) is 2. The molecule has 3 unspecified atom stereocenters. The molecule has 0 spiro atoms. The molecule has 2 aromatic carbocycles. The Labute approximate surface area is 181 Å². The van der Waals surface area contributed by atoms with Crippen molar-refractivity contribution in [3.63, 3.8) is 0 Å². The zero-order valence-corrected chi connectivity index (χ0v) is 17.9. The van der Waals surface area contributed by atoms with E-state index >= 15 is 0 Å². The molecule has 158 valence electrons. The summed E-state index contributed by atoms with van der Waals surface area (Å²) in [6.07, 6.45) is 4.00. The number of halogens is 1. The molecule has 0 bridgehead atoms. The van der Waals surface area contributed by atoms with Crippen molar-refractivity contribution in [3.8, 4) is 16.9 Å². The predicted octanol–water partition coefficient (Wildman–Crippen LogP) is 4.50. The zero-order chi connectivity index (χ0) is 21.7. The molecule has 30 heavy (non-hydrogen) atoms. The van der Waals surface area contributed by atoms with Crippen LogP contribution in [0.15, 0.2) is 73.3 Å². The lowest BCUT2D eigenvalue weighted by Gasteiger charge is -2.38. The Bertz CT molecular complexity index is 941. The molecular formula is C23H25ClN2O4. The maximum Gasteiger partial charge on any atom is 0.315 e. The third kappa shape index (κ3) is 4.66. The van der Waals surface area contributed by atoms with Gasteiger partial charge in [0.05, 0.1) is 13.4 Å². The Kier molecular flexibility index (Phi) is 6.80. The minimum atomic E-state index is -1.29. The van der Waals surface area contributed by atoms with Crippen molar-refractivity contribution in [3.05, 3.63) is 73.3 Å². The number of methoxy groups -OCH3 is 1. The van der Waals surface area contributed by atoms with Gasteiger partial charge in [-0.05, 0) is 23.3 Å². The molecule has 0 aliphatic carbocycles. The highest BCUT2D eigenvalue weighted by Gasteiger charge is 2.48. The second-order valence-electron chi connectivity index (χ2n) is 7.57. The van der Waals surface area contributed by atoms with E-state index in [9.17, 15) is 9.90 Å². The highest BCUT2D eigenvalue weighted by Crippen LogP contribution is 2.41. The summed E-state index contributed by atoms with van der Waals surface area (Å²) in [7, 11) is 1.30. The molecule has 0 saturated carbocycles. The second kappa shape index (κ2) is 9.32. The van der Waals surface area contributed by atoms with Crippen LogP contribution in [0.3, 0.4) is 0 Å². The summed E-state index contributed by atoms with van der Waals surface area (Å²) in [5, 5.41) is 10.1. The topological polar surface area (TPSA) is 73.6 Å². The van der Waals surface area contributed by atoms with Crippen molar-refractivity contribution in [2.24, 2.45) is 11.3 Å². The molecule has 0 amide bonds. The summed E-state index contributed by atoms with van der Waals surface area (Å²) >= 11 is 6.03. The van der Waals surface area contributed by atoms with E-state index in [1.54, 1.807) is 37.1 Å². The first-order valence-electron chi connectivity index (χ1n) is 9.54. The maximum absolute atomic E-state index is 12.7. The van der Waals surface area contributed by atoms with Crippen LogP contribution in [0.4, 0.5) is 0 Å². The number of nitrogens with zero attached hydrogens (tertiary/aromatic N) is 2. The first-order chi connectivity index (χ1) is 14.3. The van der Waals surface area contributed by atoms with Crippen LogP contribution in [0.5, 0.6) is 5.75 Å². The van der Waals surface area contributed by atoms with E-state index in [1.807, 2.05) is 54.6 Å². The van der Waals surface area contributed by atoms with Crippen molar-refractivity contribution in [2.45, 2.75) is 25.6 Å². The molecular weight excluding hydrogens is 404 g/mol. The Hall–Kier alpha value is -2.83. The molecule has 0 radical (unpaired) electrons. The Morgan fingerprint density at radius 1 is 1.10 bits per heavy atom. The summed E-state index contributed by atoms with van der Waals surface area (Å²) in [6.45, 7) is 3.39. The Morgan fingerprint density at radius 3 is 2.27 bits per heavy atom. The van der Waals surface area contributed by atoms with Crippen molar-refractivity contribution in [1.29, 1.82) is 0 Å². The van der Waals surface area contributed by atoms with Crippen LogP contribution in [0.25, 0.3) is 11.1 Å². The van der Waals surface area contributed by atoms with Crippen molar-refractivity contribution < 1.29 is 19.4 Å². The SMILES string of the molecule is COC(=O)C(C(Oc1ccc(-c2ccccc2)cc1)n1ccnc1)C(C)(C)C(O)Cl. The van der Waals surface area contributed by atoms with Gasteiger partial charge in [0.15, 0.2) is 6.23 Å². The third-order valence-electron chi connectivity index (χ3n) is 5.19. The van der Waals surface area contributed by atoms with Gasteiger partial charge in [0.1, 0.15) is 17.2 Å². The van der Waals surface area contributed by atoms with Crippen LogP contribution in [0.2, 0.25) is 0 Å². The van der Waals surface area contributed by atoms with Crippen LogP contribution in [-0.4, -0.2) is 33.3 Å². The van der Waals surface area contributed by atoms with Crippen LogP contribution in [-0.2, 0) is 9.53 Å². The first kappa shape index (κ1) is 21.9. The fourth-order valence-corrected chi connectivity index (χ4v) is 3.42. The molecule has 6 nitrogen and oxygen atoms in total. The number of esters is 1. The lowest BCUT2D eigenvalue weighted by atomic mass is 9.77. The average molecular weight is 429 g/mol. The molecule has 3 atom stereocenters. The van der Waals surface area contributed by atoms with Gasteiger partial charge in [0, 0.05) is 17.8 Å². The number of rotatable bonds is 8.